The fourth-order valence-corrected chi connectivity index (χ4v) is 3.97. The Hall–Kier alpha value is -3.63. The van der Waals surface area contributed by atoms with Crippen LogP contribution in [0.4, 0.5) is 14.7 Å². The fourth-order valence-electron chi connectivity index (χ4n) is 3.97. The largest absolute Gasteiger partial charge is 0.368 e. The van der Waals surface area contributed by atoms with Crippen LogP contribution < -0.4 is 5.73 Å². The van der Waals surface area contributed by atoms with E-state index in [0.29, 0.717) is 12.4 Å². The molecule has 0 radical (unpaired) electrons. The minimum Gasteiger partial charge on any atom is -0.368 e. The molecule has 0 spiro atoms. The van der Waals surface area contributed by atoms with Crippen LogP contribution in [0.5, 0.6) is 0 Å². The quantitative estimate of drug-likeness (QED) is 0.521. The number of nitrogens with two attached hydrogens (primary N) is 1. The van der Waals surface area contributed by atoms with Crippen LogP contribution in [-0.2, 0) is 0 Å². The number of carbonyl (C=O) groups is 1. The van der Waals surface area contributed by atoms with Gasteiger partial charge in [-0.05, 0) is 25.8 Å². The number of nitrogens with one attached hydrogen (secondary N) is 1. The molecule has 4 heterocycles. The van der Waals surface area contributed by atoms with Gasteiger partial charge in [0.2, 0.25) is 5.95 Å². The van der Waals surface area contributed by atoms with E-state index < -0.39 is 11.6 Å². The van der Waals surface area contributed by atoms with Gasteiger partial charge in [-0.3, -0.25) is 4.79 Å². The van der Waals surface area contributed by atoms with E-state index >= 15 is 0 Å². The summed E-state index contributed by atoms with van der Waals surface area (Å²) in [6, 6.07) is 1.95. The Kier molecular flexibility index (Phi) is 4.12. The van der Waals surface area contributed by atoms with Gasteiger partial charge in [0.15, 0.2) is 23.1 Å². The molecule has 1 fully saturated rings. The van der Waals surface area contributed by atoms with Gasteiger partial charge in [0.25, 0.3) is 5.91 Å². The SMILES string of the molecule is C[C@H]1CC[C@@H](c2nc3c4cc(F)cc(F)c4nc(N)n3n2)CN1C(=O)c1ncc[nH]1. The molecule has 5 rings (SSSR count). The molecule has 1 saturated heterocycles. The van der Waals surface area contributed by atoms with E-state index in [1.54, 1.807) is 11.1 Å². The molecular formula is C19H18F2N8O. The van der Waals surface area contributed by atoms with Crippen LogP contribution in [0, 0.1) is 11.6 Å². The Bertz CT molecular complexity index is 1270. The monoisotopic (exact) mass is 412 g/mol. The average molecular weight is 412 g/mol. The minimum atomic E-state index is -0.814. The van der Waals surface area contributed by atoms with Crippen molar-refractivity contribution in [3.8, 4) is 0 Å². The molecule has 1 aliphatic heterocycles. The number of aromatic amines is 1. The number of aromatic nitrogens is 6. The first-order chi connectivity index (χ1) is 14.4. The molecule has 3 aromatic heterocycles. The summed E-state index contributed by atoms with van der Waals surface area (Å²) in [6.07, 6.45) is 4.64. The highest BCUT2D eigenvalue weighted by atomic mass is 19.1. The lowest BCUT2D eigenvalue weighted by molar-refractivity contribution is 0.0594. The molecule has 2 atom stereocenters. The Morgan fingerprint density at radius 3 is 2.87 bits per heavy atom. The lowest BCUT2D eigenvalue weighted by Crippen LogP contribution is -2.45. The number of rotatable bonds is 2. The molecule has 0 bridgehead atoms. The van der Waals surface area contributed by atoms with Crippen molar-refractivity contribution in [1.29, 1.82) is 0 Å². The van der Waals surface area contributed by atoms with E-state index in [-0.39, 0.29) is 46.2 Å². The standard InChI is InChI=1S/C19H18F2N8O/c1-9-2-3-10(8-28(9)18(30)16-23-4-5-24-16)15-26-17-12-6-11(20)7-13(21)14(12)25-19(22)29(17)27-15/h4-7,9-10H,2-3,8H2,1H3,(H2,22,25)(H,23,24)/t9-,10+/m0/s1. The zero-order valence-corrected chi connectivity index (χ0v) is 16.0. The van der Waals surface area contributed by atoms with Gasteiger partial charge in [0.05, 0.1) is 5.39 Å². The number of benzene rings is 1. The van der Waals surface area contributed by atoms with Crippen molar-refractivity contribution in [1.82, 2.24) is 34.4 Å². The summed E-state index contributed by atoms with van der Waals surface area (Å²) in [5, 5.41) is 4.63. The predicted octanol–water partition coefficient (Wildman–Crippen LogP) is 2.27. The molecular weight excluding hydrogens is 394 g/mol. The van der Waals surface area contributed by atoms with Crippen molar-refractivity contribution in [2.75, 3.05) is 12.3 Å². The maximum absolute atomic E-state index is 14.2. The van der Waals surface area contributed by atoms with Gasteiger partial charge in [-0.15, -0.1) is 5.10 Å². The van der Waals surface area contributed by atoms with Gasteiger partial charge in [0.1, 0.15) is 11.3 Å². The zero-order chi connectivity index (χ0) is 21.0. The molecule has 0 aliphatic carbocycles. The van der Waals surface area contributed by atoms with Crippen molar-refractivity contribution >= 4 is 28.4 Å². The van der Waals surface area contributed by atoms with Crippen LogP contribution in [0.1, 0.15) is 42.1 Å². The molecule has 4 aromatic rings. The van der Waals surface area contributed by atoms with Crippen molar-refractivity contribution < 1.29 is 13.6 Å². The molecule has 9 nitrogen and oxygen atoms in total. The first kappa shape index (κ1) is 18.4. The summed E-state index contributed by atoms with van der Waals surface area (Å²) in [4.78, 5) is 29.9. The number of nitrogens with zero attached hydrogens (tertiary/aromatic N) is 6. The molecule has 0 saturated carbocycles. The van der Waals surface area contributed by atoms with Gasteiger partial charge < -0.3 is 15.6 Å². The van der Waals surface area contributed by atoms with Gasteiger partial charge >= 0.3 is 0 Å². The summed E-state index contributed by atoms with van der Waals surface area (Å²) in [5.74, 6) is -1.23. The Morgan fingerprint density at radius 2 is 2.10 bits per heavy atom. The maximum Gasteiger partial charge on any atom is 0.289 e. The number of H-pyrrole nitrogens is 1. The second-order valence-corrected chi connectivity index (χ2v) is 7.48. The number of amides is 1. The summed E-state index contributed by atoms with van der Waals surface area (Å²) in [5.41, 5.74) is 6.11. The molecule has 1 amide bonds. The third-order valence-electron chi connectivity index (χ3n) is 5.54. The summed E-state index contributed by atoms with van der Waals surface area (Å²) in [6.45, 7) is 2.38. The number of carbonyl (C=O) groups excluding carboxylic acids is 1. The highest BCUT2D eigenvalue weighted by Gasteiger charge is 2.33. The number of hydrogen-bond acceptors (Lipinski definition) is 6. The van der Waals surface area contributed by atoms with E-state index in [2.05, 4.69) is 25.0 Å². The number of anilines is 1. The highest BCUT2D eigenvalue weighted by Crippen LogP contribution is 2.31. The van der Waals surface area contributed by atoms with Crippen LogP contribution >= 0.6 is 0 Å². The van der Waals surface area contributed by atoms with Crippen molar-refractivity contribution in [2.45, 2.75) is 31.7 Å². The van der Waals surface area contributed by atoms with Crippen molar-refractivity contribution in [3.05, 3.63) is 47.8 Å². The average Bonchev–Trinajstić information content (AvgIpc) is 3.39. The molecule has 1 aliphatic rings. The number of imidazole rings is 1. The van der Waals surface area contributed by atoms with Gasteiger partial charge in [0, 0.05) is 37.0 Å². The highest BCUT2D eigenvalue weighted by molar-refractivity contribution is 5.92. The molecule has 3 N–H and O–H groups in total. The Balaban J connectivity index is 1.55. The van der Waals surface area contributed by atoms with E-state index in [9.17, 15) is 13.6 Å². The molecule has 11 heteroatoms. The van der Waals surface area contributed by atoms with E-state index in [0.717, 1.165) is 25.0 Å². The third kappa shape index (κ3) is 2.85. The van der Waals surface area contributed by atoms with Crippen LogP contribution in [0.3, 0.4) is 0 Å². The maximum atomic E-state index is 14.2. The number of likely N-dealkylation sites (tertiary alicyclic amines) is 1. The lowest BCUT2D eigenvalue weighted by Gasteiger charge is -2.36. The second-order valence-electron chi connectivity index (χ2n) is 7.48. The Morgan fingerprint density at radius 1 is 1.27 bits per heavy atom. The Labute approximate surface area is 168 Å². The number of piperidine rings is 1. The number of hydrogen-bond donors (Lipinski definition) is 2. The lowest BCUT2D eigenvalue weighted by atomic mass is 9.92. The first-order valence-electron chi connectivity index (χ1n) is 9.53. The number of fused-ring (bicyclic) bond motifs is 3. The number of halogens is 2. The predicted molar refractivity (Wildman–Crippen MR) is 104 cm³/mol. The van der Waals surface area contributed by atoms with Crippen molar-refractivity contribution in [2.24, 2.45) is 0 Å². The van der Waals surface area contributed by atoms with Gasteiger partial charge in [-0.2, -0.15) is 4.52 Å². The number of nitrogen functional groups attached to an aromatic ring is 1. The molecule has 1 aromatic carbocycles. The normalized spacial score (nSPS) is 19.6. The molecule has 154 valence electrons. The smallest absolute Gasteiger partial charge is 0.289 e. The van der Waals surface area contributed by atoms with Crippen LogP contribution in [0.2, 0.25) is 0 Å². The van der Waals surface area contributed by atoms with Crippen molar-refractivity contribution in [3.63, 3.8) is 0 Å². The second kappa shape index (κ2) is 6.71. The van der Waals surface area contributed by atoms with Crippen LogP contribution in [0.25, 0.3) is 16.6 Å². The fraction of sp³-hybridized carbons (Fsp3) is 0.316. The van der Waals surface area contributed by atoms with Gasteiger partial charge in [-0.25, -0.2) is 23.7 Å². The van der Waals surface area contributed by atoms with E-state index in [4.69, 9.17) is 5.73 Å². The summed E-state index contributed by atoms with van der Waals surface area (Å²) < 4.78 is 29.2. The minimum absolute atomic E-state index is 0.0339. The van der Waals surface area contributed by atoms with Crippen LogP contribution in [-0.4, -0.2) is 52.9 Å². The topological polar surface area (TPSA) is 118 Å². The molecule has 0 unspecified atom stereocenters. The van der Waals surface area contributed by atoms with E-state index in [1.807, 2.05) is 6.92 Å². The van der Waals surface area contributed by atoms with E-state index in [1.165, 1.54) is 10.7 Å². The third-order valence-corrected chi connectivity index (χ3v) is 5.54. The van der Waals surface area contributed by atoms with Gasteiger partial charge in [-0.1, -0.05) is 0 Å². The summed E-state index contributed by atoms with van der Waals surface area (Å²) in [7, 11) is 0. The first-order valence-corrected chi connectivity index (χ1v) is 9.53. The van der Waals surface area contributed by atoms with Crippen LogP contribution in [0.15, 0.2) is 24.5 Å². The zero-order valence-electron chi connectivity index (χ0n) is 16.0. The molecule has 30 heavy (non-hydrogen) atoms. The summed E-state index contributed by atoms with van der Waals surface area (Å²) >= 11 is 0.